The summed E-state index contributed by atoms with van der Waals surface area (Å²) in [5.74, 6) is -0.271. The van der Waals surface area contributed by atoms with Crippen molar-refractivity contribution in [3.05, 3.63) is 23.8 Å². The summed E-state index contributed by atoms with van der Waals surface area (Å²) in [5, 5.41) is 5.27. The molecule has 1 aromatic carbocycles. The van der Waals surface area contributed by atoms with E-state index in [1.54, 1.807) is 18.2 Å². The van der Waals surface area contributed by atoms with Gasteiger partial charge in [-0.05, 0) is 31.0 Å². The van der Waals surface area contributed by atoms with Crippen molar-refractivity contribution in [1.29, 1.82) is 0 Å². The summed E-state index contributed by atoms with van der Waals surface area (Å²) in [6.45, 7) is 3.95. The molecule has 2 amide bonds. The molecule has 0 aliphatic carbocycles. The van der Waals surface area contributed by atoms with Crippen LogP contribution in [0.5, 0.6) is 0 Å². The lowest BCUT2D eigenvalue weighted by atomic mass is 10.1. The van der Waals surface area contributed by atoms with Crippen molar-refractivity contribution < 1.29 is 18.0 Å². The molecule has 23 heavy (non-hydrogen) atoms. The highest BCUT2D eigenvalue weighted by Gasteiger charge is 2.29. The standard InChI is InChI=1S/C15H21N3O4S/c1-11-4-5-13(17-15(20)6-7-16-12(2)19)10-14(11)18-8-3-9-23(18,21)22/h4-5,10H,3,6-9H2,1-2H3,(H,16,19)(H,17,20). The number of carbonyl (C=O) groups excluding carboxylic acids is 2. The van der Waals surface area contributed by atoms with Gasteiger partial charge in [0, 0.05) is 32.1 Å². The number of nitrogens with one attached hydrogen (secondary N) is 2. The van der Waals surface area contributed by atoms with Crippen LogP contribution in [0.4, 0.5) is 11.4 Å². The number of hydrogen-bond acceptors (Lipinski definition) is 4. The van der Waals surface area contributed by atoms with Gasteiger partial charge in [-0.15, -0.1) is 0 Å². The number of hydrogen-bond donors (Lipinski definition) is 2. The number of sulfonamides is 1. The van der Waals surface area contributed by atoms with Gasteiger partial charge >= 0.3 is 0 Å². The Hall–Kier alpha value is -2.09. The van der Waals surface area contributed by atoms with Gasteiger partial charge in [-0.3, -0.25) is 13.9 Å². The zero-order valence-electron chi connectivity index (χ0n) is 13.3. The Labute approximate surface area is 136 Å². The predicted octanol–water partition coefficient (Wildman–Crippen LogP) is 1.000. The topological polar surface area (TPSA) is 95.6 Å². The molecule has 2 rings (SSSR count). The van der Waals surface area contributed by atoms with Gasteiger partial charge in [0.2, 0.25) is 21.8 Å². The Bertz CT molecular complexity index is 715. The van der Waals surface area contributed by atoms with E-state index in [-0.39, 0.29) is 30.5 Å². The normalized spacial score (nSPS) is 16.2. The van der Waals surface area contributed by atoms with E-state index in [0.29, 0.717) is 24.3 Å². The van der Waals surface area contributed by atoms with E-state index < -0.39 is 10.0 Å². The average Bonchev–Trinajstić information content (AvgIpc) is 2.80. The van der Waals surface area contributed by atoms with Crippen LogP contribution < -0.4 is 14.9 Å². The van der Waals surface area contributed by atoms with Gasteiger partial charge < -0.3 is 10.6 Å². The number of anilines is 2. The molecule has 0 bridgehead atoms. The van der Waals surface area contributed by atoms with E-state index in [4.69, 9.17) is 0 Å². The summed E-state index contributed by atoms with van der Waals surface area (Å²) < 4.78 is 25.5. The minimum absolute atomic E-state index is 0.153. The van der Waals surface area contributed by atoms with E-state index in [1.165, 1.54) is 11.2 Å². The minimum Gasteiger partial charge on any atom is -0.356 e. The molecule has 1 aliphatic heterocycles. The van der Waals surface area contributed by atoms with Crippen LogP contribution in [-0.4, -0.2) is 39.1 Å². The maximum Gasteiger partial charge on any atom is 0.235 e. The highest BCUT2D eigenvalue weighted by Crippen LogP contribution is 2.29. The van der Waals surface area contributed by atoms with Gasteiger partial charge in [0.15, 0.2) is 0 Å². The highest BCUT2D eigenvalue weighted by atomic mass is 32.2. The van der Waals surface area contributed by atoms with Crippen molar-refractivity contribution in [3.63, 3.8) is 0 Å². The minimum atomic E-state index is -3.26. The lowest BCUT2D eigenvalue weighted by Crippen LogP contribution is -2.26. The SMILES string of the molecule is CC(=O)NCCC(=O)Nc1ccc(C)c(N2CCCS2(=O)=O)c1. The number of aryl methyl sites for hydroxylation is 1. The van der Waals surface area contributed by atoms with E-state index in [2.05, 4.69) is 10.6 Å². The van der Waals surface area contributed by atoms with Crippen LogP contribution in [0.15, 0.2) is 18.2 Å². The van der Waals surface area contributed by atoms with Crippen LogP contribution in [0.3, 0.4) is 0 Å². The van der Waals surface area contributed by atoms with Crippen molar-refractivity contribution in [3.8, 4) is 0 Å². The Balaban J connectivity index is 2.08. The summed E-state index contributed by atoms with van der Waals surface area (Å²) in [4.78, 5) is 22.6. The Morgan fingerprint density at radius 3 is 2.65 bits per heavy atom. The first-order valence-electron chi connectivity index (χ1n) is 7.45. The zero-order valence-corrected chi connectivity index (χ0v) is 14.1. The molecule has 1 aliphatic rings. The van der Waals surface area contributed by atoms with Gasteiger partial charge in [0.05, 0.1) is 11.4 Å². The van der Waals surface area contributed by atoms with Crippen LogP contribution in [0, 0.1) is 6.92 Å². The first-order chi connectivity index (χ1) is 10.8. The molecule has 0 aromatic heterocycles. The van der Waals surface area contributed by atoms with Crippen LogP contribution in [0.25, 0.3) is 0 Å². The molecule has 0 atom stereocenters. The summed E-state index contributed by atoms with van der Waals surface area (Å²) >= 11 is 0. The molecule has 126 valence electrons. The molecule has 2 N–H and O–H groups in total. The monoisotopic (exact) mass is 339 g/mol. The Kier molecular flexibility index (Phi) is 5.25. The fourth-order valence-electron chi connectivity index (χ4n) is 2.44. The molecule has 0 unspecified atom stereocenters. The third kappa shape index (κ3) is 4.44. The van der Waals surface area contributed by atoms with E-state index in [1.807, 2.05) is 6.92 Å². The molecule has 1 aromatic rings. The smallest absolute Gasteiger partial charge is 0.235 e. The van der Waals surface area contributed by atoms with Crippen molar-refractivity contribution in [2.75, 3.05) is 28.5 Å². The molecule has 7 nitrogen and oxygen atoms in total. The third-order valence-electron chi connectivity index (χ3n) is 3.59. The fraction of sp³-hybridized carbons (Fsp3) is 0.467. The van der Waals surface area contributed by atoms with E-state index in [9.17, 15) is 18.0 Å². The summed E-state index contributed by atoms with van der Waals surface area (Å²) in [6, 6.07) is 5.19. The average molecular weight is 339 g/mol. The highest BCUT2D eigenvalue weighted by molar-refractivity contribution is 7.93. The largest absolute Gasteiger partial charge is 0.356 e. The van der Waals surface area contributed by atoms with Gasteiger partial charge in [-0.2, -0.15) is 0 Å². The van der Waals surface area contributed by atoms with Crippen molar-refractivity contribution >= 4 is 33.2 Å². The van der Waals surface area contributed by atoms with Crippen molar-refractivity contribution in [2.24, 2.45) is 0 Å². The van der Waals surface area contributed by atoms with Gasteiger partial charge in [-0.25, -0.2) is 8.42 Å². The summed E-state index contributed by atoms with van der Waals surface area (Å²) in [6.07, 6.45) is 0.764. The predicted molar refractivity (Wildman–Crippen MR) is 88.9 cm³/mol. The Morgan fingerprint density at radius 1 is 1.30 bits per heavy atom. The number of carbonyl (C=O) groups is 2. The molecule has 0 saturated carbocycles. The molecule has 0 spiro atoms. The lowest BCUT2D eigenvalue weighted by molar-refractivity contribution is -0.119. The fourth-order valence-corrected chi connectivity index (χ4v) is 4.06. The second-order valence-electron chi connectivity index (χ2n) is 5.52. The second kappa shape index (κ2) is 6.99. The first kappa shape index (κ1) is 17.3. The molecule has 1 heterocycles. The summed E-state index contributed by atoms with van der Waals surface area (Å²) in [5.41, 5.74) is 1.98. The molecular formula is C15H21N3O4S. The molecule has 8 heteroatoms. The van der Waals surface area contributed by atoms with Gasteiger partial charge in [0.1, 0.15) is 0 Å². The first-order valence-corrected chi connectivity index (χ1v) is 9.06. The third-order valence-corrected chi connectivity index (χ3v) is 5.44. The Morgan fingerprint density at radius 2 is 2.04 bits per heavy atom. The molecule has 0 radical (unpaired) electrons. The lowest BCUT2D eigenvalue weighted by Gasteiger charge is -2.20. The van der Waals surface area contributed by atoms with Crippen LogP contribution in [0.2, 0.25) is 0 Å². The van der Waals surface area contributed by atoms with Crippen molar-refractivity contribution in [1.82, 2.24) is 5.32 Å². The quantitative estimate of drug-likeness (QED) is 0.836. The van der Waals surface area contributed by atoms with Gasteiger partial charge in [-0.1, -0.05) is 6.07 Å². The van der Waals surface area contributed by atoms with Crippen LogP contribution in [0.1, 0.15) is 25.3 Å². The van der Waals surface area contributed by atoms with Crippen LogP contribution >= 0.6 is 0 Å². The van der Waals surface area contributed by atoms with E-state index in [0.717, 1.165) is 5.56 Å². The zero-order chi connectivity index (χ0) is 17.0. The molecule has 1 saturated heterocycles. The molecule has 1 fully saturated rings. The number of rotatable bonds is 5. The molecular weight excluding hydrogens is 318 g/mol. The van der Waals surface area contributed by atoms with Gasteiger partial charge in [0.25, 0.3) is 0 Å². The van der Waals surface area contributed by atoms with Crippen molar-refractivity contribution in [2.45, 2.75) is 26.7 Å². The second-order valence-corrected chi connectivity index (χ2v) is 7.54. The maximum absolute atomic E-state index is 12.1. The number of nitrogens with zero attached hydrogens (tertiary/aromatic N) is 1. The number of benzene rings is 1. The van der Waals surface area contributed by atoms with Crippen LogP contribution in [-0.2, 0) is 19.6 Å². The summed E-state index contributed by atoms with van der Waals surface area (Å²) in [7, 11) is -3.26. The maximum atomic E-state index is 12.1. The number of amides is 2. The van der Waals surface area contributed by atoms with E-state index >= 15 is 0 Å².